The zero-order valence-corrected chi connectivity index (χ0v) is 7.98. The van der Waals surface area contributed by atoms with Crippen LogP contribution < -0.4 is 0 Å². The van der Waals surface area contributed by atoms with Crippen LogP contribution in [0.3, 0.4) is 0 Å². The summed E-state index contributed by atoms with van der Waals surface area (Å²) in [7, 11) is 1.63. The van der Waals surface area contributed by atoms with E-state index in [0.29, 0.717) is 6.61 Å². The van der Waals surface area contributed by atoms with Gasteiger partial charge in [0.15, 0.2) is 0 Å². The van der Waals surface area contributed by atoms with Crippen LogP contribution in [-0.4, -0.2) is 24.0 Å². The van der Waals surface area contributed by atoms with Gasteiger partial charge in [-0.1, -0.05) is 18.2 Å². The second-order valence-corrected chi connectivity index (χ2v) is 2.45. The quantitative estimate of drug-likeness (QED) is 0.300. The molecule has 3 nitrogen and oxygen atoms in total. The van der Waals surface area contributed by atoms with Crippen molar-refractivity contribution in [2.75, 3.05) is 13.7 Å². The molecule has 0 N–H and O–H groups in total. The Kier molecular flexibility index (Phi) is 5.28. The summed E-state index contributed by atoms with van der Waals surface area (Å²) in [5.41, 5.74) is 0. The summed E-state index contributed by atoms with van der Waals surface area (Å²) >= 11 is 11.0. The molecule has 0 aromatic heterocycles. The van der Waals surface area contributed by atoms with Crippen LogP contribution in [0, 0.1) is 0 Å². The average molecular weight is 197 g/mol. The van der Waals surface area contributed by atoms with Gasteiger partial charge in [0, 0.05) is 7.05 Å². The van der Waals surface area contributed by atoms with Crippen LogP contribution >= 0.6 is 23.2 Å². The molecule has 0 heterocycles. The highest BCUT2D eigenvalue weighted by atomic mass is 35.5. The Morgan fingerprint density at radius 2 is 2.18 bits per heavy atom. The van der Waals surface area contributed by atoms with Crippen LogP contribution in [0.5, 0.6) is 0 Å². The molecule has 0 rings (SSSR count). The van der Waals surface area contributed by atoms with E-state index < -0.39 is 0 Å². The zero-order valence-electron chi connectivity index (χ0n) is 6.47. The second kappa shape index (κ2) is 5.41. The van der Waals surface area contributed by atoms with Crippen LogP contribution in [0.25, 0.3) is 0 Å². The minimum Gasteiger partial charge on any atom is -0.272 e. The van der Waals surface area contributed by atoms with Crippen LogP contribution in [0.4, 0.5) is 0 Å². The van der Waals surface area contributed by atoms with Crippen molar-refractivity contribution in [1.82, 2.24) is 5.06 Å². The van der Waals surface area contributed by atoms with Gasteiger partial charge in [-0.15, -0.1) is 0 Å². The fraction of sp³-hybridized carbons (Fsp3) is 0.500. The summed E-state index contributed by atoms with van der Waals surface area (Å²) in [6, 6.07) is 0. The van der Waals surface area contributed by atoms with Gasteiger partial charge in [-0.25, -0.2) is 10.1 Å². The number of halogens is 2. The molecule has 0 saturated carbocycles. The molecule has 0 amide bonds. The molecule has 11 heavy (non-hydrogen) atoms. The minimum atomic E-state index is 0.126. The normalized spacial score (nSPS) is 11.5. The maximum Gasteiger partial charge on any atom is 0.223 e. The Bertz CT molecular complexity index is 170. The van der Waals surface area contributed by atoms with Crippen molar-refractivity contribution in [2.24, 2.45) is 4.99 Å². The average Bonchev–Trinajstić information content (AvgIpc) is 1.86. The molecule has 0 spiro atoms. The third kappa shape index (κ3) is 5.07. The lowest BCUT2D eigenvalue weighted by Crippen LogP contribution is -2.22. The standard InChI is InChI=1S/C6H10Cl2N2O/c1-4-11-10(3)6(8)9-5(2)7/h2,4H2,1,3H3/b9-6-. The maximum absolute atomic E-state index is 5.61. The van der Waals surface area contributed by atoms with E-state index in [1.807, 2.05) is 6.92 Å². The third-order valence-electron chi connectivity index (χ3n) is 0.796. The van der Waals surface area contributed by atoms with Gasteiger partial charge < -0.3 is 0 Å². The van der Waals surface area contributed by atoms with Crippen molar-refractivity contribution in [3.05, 3.63) is 11.7 Å². The summed E-state index contributed by atoms with van der Waals surface area (Å²) in [6.07, 6.45) is 0. The van der Waals surface area contributed by atoms with Gasteiger partial charge in [-0.2, -0.15) is 0 Å². The molecule has 5 heteroatoms. The van der Waals surface area contributed by atoms with E-state index in [0.717, 1.165) is 0 Å². The van der Waals surface area contributed by atoms with Gasteiger partial charge >= 0.3 is 0 Å². The highest BCUT2D eigenvalue weighted by molar-refractivity contribution is 6.64. The zero-order chi connectivity index (χ0) is 8.85. The van der Waals surface area contributed by atoms with Gasteiger partial charge in [0.1, 0.15) is 5.16 Å². The van der Waals surface area contributed by atoms with Gasteiger partial charge in [0.25, 0.3) is 0 Å². The number of hydrogen-bond donors (Lipinski definition) is 0. The lowest BCUT2D eigenvalue weighted by molar-refractivity contribution is -0.0700. The molecule has 0 saturated heterocycles. The van der Waals surface area contributed by atoms with E-state index >= 15 is 0 Å². The predicted molar refractivity (Wildman–Crippen MR) is 47.7 cm³/mol. The lowest BCUT2D eigenvalue weighted by Gasteiger charge is -2.14. The molecule has 0 aliphatic rings. The molecule has 0 fully saturated rings. The van der Waals surface area contributed by atoms with E-state index in [9.17, 15) is 0 Å². The summed E-state index contributed by atoms with van der Waals surface area (Å²) in [5.74, 6) is 0. The van der Waals surface area contributed by atoms with E-state index in [4.69, 9.17) is 28.0 Å². The van der Waals surface area contributed by atoms with Crippen molar-refractivity contribution in [3.8, 4) is 0 Å². The Morgan fingerprint density at radius 3 is 2.55 bits per heavy atom. The summed E-state index contributed by atoms with van der Waals surface area (Å²) in [6.45, 7) is 5.72. The highest BCUT2D eigenvalue weighted by Crippen LogP contribution is 2.03. The van der Waals surface area contributed by atoms with Crippen LogP contribution in [0.1, 0.15) is 6.92 Å². The molecule has 0 radical (unpaired) electrons. The van der Waals surface area contributed by atoms with E-state index in [1.54, 1.807) is 7.05 Å². The fourth-order valence-electron chi connectivity index (χ4n) is 0.417. The third-order valence-corrected chi connectivity index (χ3v) is 1.20. The van der Waals surface area contributed by atoms with E-state index in [1.165, 1.54) is 5.06 Å². The first-order valence-electron chi connectivity index (χ1n) is 3.03. The first-order chi connectivity index (χ1) is 5.07. The van der Waals surface area contributed by atoms with Crippen molar-refractivity contribution in [3.63, 3.8) is 0 Å². The molecular weight excluding hydrogens is 187 g/mol. The molecule has 0 unspecified atom stereocenters. The SMILES string of the molecule is C=C(Cl)/N=C(/Cl)N(C)OCC. The van der Waals surface area contributed by atoms with Crippen molar-refractivity contribution in [1.29, 1.82) is 0 Å². The highest BCUT2D eigenvalue weighted by Gasteiger charge is 2.01. The Hall–Kier alpha value is -0.250. The first kappa shape index (κ1) is 10.8. The molecule has 64 valence electrons. The maximum atomic E-state index is 5.61. The van der Waals surface area contributed by atoms with Gasteiger partial charge in [-0.3, -0.25) is 4.84 Å². The topological polar surface area (TPSA) is 24.8 Å². The number of aliphatic imine (C=N–C) groups is 1. The van der Waals surface area contributed by atoms with E-state index in [2.05, 4.69) is 11.6 Å². The molecule has 0 atom stereocenters. The number of hydrogen-bond acceptors (Lipinski definition) is 2. The Balaban J connectivity index is 4.00. The van der Waals surface area contributed by atoms with Gasteiger partial charge in [-0.05, 0) is 18.5 Å². The van der Waals surface area contributed by atoms with Crippen molar-refractivity contribution < 1.29 is 4.84 Å². The first-order valence-corrected chi connectivity index (χ1v) is 3.78. The molecular formula is C6H10Cl2N2O. The van der Waals surface area contributed by atoms with Crippen molar-refractivity contribution >= 4 is 28.5 Å². The molecule has 0 aromatic rings. The number of amidine groups is 1. The van der Waals surface area contributed by atoms with Crippen LogP contribution in [-0.2, 0) is 4.84 Å². The number of rotatable bonds is 3. The molecule has 0 aromatic carbocycles. The molecule has 0 bridgehead atoms. The van der Waals surface area contributed by atoms with E-state index in [-0.39, 0.29) is 10.5 Å². The summed E-state index contributed by atoms with van der Waals surface area (Å²) < 4.78 is 0. The lowest BCUT2D eigenvalue weighted by atomic mass is 10.9. The summed E-state index contributed by atoms with van der Waals surface area (Å²) in [4.78, 5) is 8.63. The monoisotopic (exact) mass is 196 g/mol. The Labute approximate surface area is 76.2 Å². The number of nitrogens with zero attached hydrogens (tertiary/aromatic N) is 2. The van der Waals surface area contributed by atoms with Gasteiger partial charge in [0.05, 0.1) is 6.61 Å². The molecule has 0 aliphatic heterocycles. The second-order valence-electron chi connectivity index (χ2n) is 1.67. The minimum absolute atomic E-state index is 0.126. The molecule has 0 aliphatic carbocycles. The van der Waals surface area contributed by atoms with Crippen LogP contribution in [0.2, 0.25) is 0 Å². The Morgan fingerprint density at radius 1 is 1.64 bits per heavy atom. The smallest absolute Gasteiger partial charge is 0.223 e. The summed E-state index contributed by atoms with van der Waals surface area (Å²) in [5, 5.41) is 1.60. The van der Waals surface area contributed by atoms with Gasteiger partial charge in [0.2, 0.25) is 5.29 Å². The number of hydroxylamine groups is 2. The fourth-order valence-corrected chi connectivity index (χ4v) is 0.692. The van der Waals surface area contributed by atoms with Crippen LogP contribution in [0.15, 0.2) is 16.7 Å². The van der Waals surface area contributed by atoms with Crippen molar-refractivity contribution in [2.45, 2.75) is 6.92 Å². The largest absolute Gasteiger partial charge is 0.272 e. The predicted octanol–water partition coefficient (Wildman–Crippen LogP) is 2.17.